The highest BCUT2D eigenvalue weighted by Gasteiger charge is 2.32. The molecule has 0 aromatic heterocycles. The van der Waals surface area contributed by atoms with Crippen LogP contribution in [-0.2, 0) is 11.4 Å². The van der Waals surface area contributed by atoms with Crippen molar-refractivity contribution < 1.29 is 19.0 Å². The molecule has 3 aromatic rings. The molecular formula is C26H22BrClN2O4S. The molecule has 1 aliphatic heterocycles. The third-order valence-corrected chi connectivity index (χ3v) is 6.32. The van der Waals surface area contributed by atoms with Gasteiger partial charge in [0, 0.05) is 10.6 Å². The van der Waals surface area contributed by atoms with Crippen LogP contribution < -0.4 is 24.4 Å². The number of carbonyl (C=O) groups is 1. The summed E-state index contributed by atoms with van der Waals surface area (Å²) in [5, 5.41) is 3.94. The van der Waals surface area contributed by atoms with Crippen LogP contribution in [0, 0.1) is 0 Å². The van der Waals surface area contributed by atoms with Crippen molar-refractivity contribution in [2.75, 3.05) is 18.6 Å². The first-order valence-electron chi connectivity index (χ1n) is 10.7. The molecule has 1 saturated heterocycles. The maximum atomic E-state index is 13.1. The molecule has 0 aliphatic carbocycles. The van der Waals surface area contributed by atoms with Crippen LogP contribution in [-0.4, -0.2) is 24.7 Å². The summed E-state index contributed by atoms with van der Waals surface area (Å²) in [5.74, 6) is 1.83. The molecular weight excluding hydrogens is 552 g/mol. The molecule has 0 atom stereocenters. The van der Waals surface area contributed by atoms with E-state index < -0.39 is 0 Å². The Morgan fingerprint density at radius 3 is 2.49 bits per heavy atom. The first kappa shape index (κ1) is 25.0. The van der Waals surface area contributed by atoms with E-state index in [1.54, 1.807) is 43.5 Å². The van der Waals surface area contributed by atoms with Crippen molar-refractivity contribution in [3.8, 4) is 17.2 Å². The topological polar surface area (TPSA) is 60.0 Å². The molecule has 0 unspecified atom stereocenters. The Kier molecular flexibility index (Phi) is 7.95. The van der Waals surface area contributed by atoms with Crippen molar-refractivity contribution in [1.29, 1.82) is 0 Å². The zero-order valence-electron chi connectivity index (χ0n) is 19.0. The second-order valence-corrected chi connectivity index (χ2v) is 9.17. The summed E-state index contributed by atoms with van der Waals surface area (Å²) in [5.41, 5.74) is 2.66. The fourth-order valence-electron chi connectivity index (χ4n) is 3.54. The number of hydrogen-bond acceptors (Lipinski definition) is 5. The number of amides is 1. The van der Waals surface area contributed by atoms with Crippen molar-refractivity contribution in [3.05, 3.63) is 87.0 Å². The highest BCUT2D eigenvalue weighted by atomic mass is 79.9. The maximum absolute atomic E-state index is 13.1. The van der Waals surface area contributed by atoms with Crippen LogP contribution >= 0.6 is 39.7 Å². The molecule has 0 radical (unpaired) electrons. The van der Waals surface area contributed by atoms with Gasteiger partial charge in [0.2, 0.25) is 0 Å². The van der Waals surface area contributed by atoms with Gasteiger partial charge in [-0.2, -0.15) is 0 Å². The van der Waals surface area contributed by atoms with Crippen LogP contribution in [0.25, 0.3) is 6.08 Å². The smallest absolute Gasteiger partial charge is 0.281 e. The molecule has 1 N–H and O–H groups in total. The van der Waals surface area contributed by atoms with E-state index in [1.807, 2.05) is 37.3 Å². The normalized spacial score (nSPS) is 14.3. The summed E-state index contributed by atoms with van der Waals surface area (Å²) in [6, 6.07) is 18.2. The lowest BCUT2D eigenvalue weighted by atomic mass is 10.1. The zero-order chi connectivity index (χ0) is 24.9. The van der Waals surface area contributed by atoms with E-state index in [2.05, 4.69) is 21.2 Å². The standard InChI is InChI=1S/C26H22BrClN2O4S/c1-3-33-20-8-6-19(7-9-20)30-25(31)22(29-26(30)35)13-16-4-10-23(32-2)17(12-16)15-34-24-11-5-18(28)14-21(24)27/h4-14H,3,15H2,1-2H3,(H,29,35)/b22-13+. The number of rotatable bonds is 8. The monoisotopic (exact) mass is 572 g/mol. The van der Waals surface area contributed by atoms with Gasteiger partial charge in [0.25, 0.3) is 5.91 Å². The number of nitrogens with one attached hydrogen (secondary N) is 1. The third kappa shape index (κ3) is 5.78. The number of methoxy groups -OCH3 is 1. The van der Waals surface area contributed by atoms with Gasteiger partial charge in [0.1, 0.15) is 29.6 Å². The van der Waals surface area contributed by atoms with Crippen LogP contribution in [0.3, 0.4) is 0 Å². The minimum absolute atomic E-state index is 0.238. The van der Waals surface area contributed by atoms with Crippen LogP contribution in [0.4, 0.5) is 5.69 Å². The molecule has 1 aliphatic rings. The molecule has 35 heavy (non-hydrogen) atoms. The Morgan fingerprint density at radius 2 is 1.80 bits per heavy atom. The summed E-state index contributed by atoms with van der Waals surface area (Å²) in [6.45, 7) is 2.75. The Balaban J connectivity index is 1.54. The van der Waals surface area contributed by atoms with Crippen molar-refractivity contribution in [2.24, 2.45) is 0 Å². The molecule has 0 bridgehead atoms. The highest BCUT2D eigenvalue weighted by molar-refractivity contribution is 9.10. The Labute approximate surface area is 222 Å². The first-order valence-corrected chi connectivity index (χ1v) is 12.3. The minimum atomic E-state index is -0.238. The quantitative estimate of drug-likeness (QED) is 0.250. The van der Waals surface area contributed by atoms with Gasteiger partial charge in [-0.1, -0.05) is 17.7 Å². The van der Waals surface area contributed by atoms with E-state index in [4.69, 9.17) is 38.0 Å². The number of ether oxygens (including phenoxy) is 3. The lowest BCUT2D eigenvalue weighted by Gasteiger charge is -2.14. The van der Waals surface area contributed by atoms with Crippen molar-refractivity contribution >= 4 is 62.5 Å². The van der Waals surface area contributed by atoms with E-state index in [0.717, 1.165) is 21.3 Å². The van der Waals surface area contributed by atoms with Crippen LogP contribution in [0.15, 0.2) is 70.8 Å². The zero-order valence-corrected chi connectivity index (χ0v) is 22.2. The number of halogens is 2. The number of thiocarbonyl (C=S) groups is 1. The summed E-state index contributed by atoms with van der Waals surface area (Å²) in [4.78, 5) is 14.6. The van der Waals surface area contributed by atoms with Gasteiger partial charge in [0.15, 0.2) is 5.11 Å². The molecule has 180 valence electrons. The number of nitrogens with zero attached hydrogens (tertiary/aromatic N) is 1. The Hall–Kier alpha value is -3.07. The number of benzene rings is 3. The fraction of sp³-hybridized carbons (Fsp3) is 0.154. The van der Waals surface area contributed by atoms with Crippen LogP contribution in [0.1, 0.15) is 18.1 Å². The Morgan fingerprint density at radius 1 is 1.06 bits per heavy atom. The predicted octanol–water partition coefficient (Wildman–Crippen LogP) is 6.35. The molecule has 1 amide bonds. The molecule has 6 nitrogen and oxygen atoms in total. The van der Waals surface area contributed by atoms with E-state index >= 15 is 0 Å². The first-order chi connectivity index (χ1) is 16.9. The second-order valence-electron chi connectivity index (χ2n) is 7.49. The molecule has 1 heterocycles. The number of hydrogen-bond donors (Lipinski definition) is 1. The van der Waals surface area contributed by atoms with Crippen LogP contribution in [0.2, 0.25) is 5.02 Å². The lowest BCUT2D eigenvalue weighted by Crippen LogP contribution is -2.30. The van der Waals surface area contributed by atoms with Crippen molar-refractivity contribution in [2.45, 2.75) is 13.5 Å². The van der Waals surface area contributed by atoms with Gasteiger partial charge in [-0.15, -0.1) is 0 Å². The molecule has 9 heteroatoms. The van der Waals surface area contributed by atoms with Crippen LogP contribution in [0.5, 0.6) is 17.2 Å². The molecule has 4 rings (SSSR count). The number of carbonyl (C=O) groups excluding carboxylic acids is 1. The van der Waals surface area contributed by atoms with Gasteiger partial charge in [0.05, 0.1) is 23.9 Å². The lowest BCUT2D eigenvalue weighted by molar-refractivity contribution is -0.113. The largest absolute Gasteiger partial charge is 0.496 e. The maximum Gasteiger partial charge on any atom is 0.281 e. The summed E-state index contributed by atoms with van der Waals surface area (Å²) in [6.07, 6.45) is 1.75. The van der Waals surface area contributed by atoms with Gasteiger partial charge in [-0.05, 0) is 101 Å². The van der Waals surface area contributed by atoms with Gasteiger partial charge in [-0.3, -0.25) is 9.69 Å². The van der Waals surface area contributed by atoms with Crippen molar-refractivity contribution in [1.82, 2.24) is 5.32 Å². The average Bonchev–Trinajstić information content (AvgIpc) is 3.12. The van der Waals surface area contributed by atoms with E-state index in [9.17, 15) is 4.79 Å². The summed E-state index contributed by atoms with van der Waals surface area (Å²) in [7, 11) is 1.60. The van der Waals surface area contributed by atoms with Gasteiger partial charge >= 0.3 is 0 Å². The Bertz CT molecular complexity index is 1300. The average molecular weight is 574 g/mol. The molecule has 3 aromatic carbocycles. The second kappa shape index (κ2) is 11.1. The van der Waals surface area contributed by atoms with E-state index in [1.165, 1.54) is 4.90 Å². The molecule has 0 saturated carbocycles. The summed E-state index contributed by atoms with van der Waals surface area (Å²) >= 11 is 14.9. The SMILES string of the molecule is CCOc1ccc(N2C(=O)/C(=C\c3ccc(OC)c(COc4ccc(Cl)cc4Br)c3)NC2=S)cc1. The summed E-state index contributed by atoms with van der Waals surface area (Å²) < 4.78 is 17.7. The van der Waals surface area contributed by atoms with Crippen molar-refractivity contribution in [3.63, 3.8) is 0 Å². The number of anilines is 1. The molecule has 0 spiro atoms. The van der Waals surface area contributed by atoms with E-state index in [-0.39, 0.29) is 12.5 Å². The van der Waals surface area contributed by atoms with Gasteiger partial charge < -0.3 is 19.5 Å². The molecule has 1 fully saturated rings. The predicted molar refractivity (Wildman–Crippen MR) is 145 cm³/mol. The third-order valence-electron chi connectivity index (χ3n) is 5.18. The fourth-order valence-corrected chi connectivity index (χ4v) is 4.64. The van der Waals surface area contributed by atoms with E-state index in [0.29, 0.717) is 39.6 Å². The van der Waals surface area contributed by atoms with Gasteiger partial charge in [-0.25, -0.2) is 0 Å². The highest BCUT2D eigenvalue weighted by Crippen LogP contribution is 2.31. The minimum Gasteiger partial charge on any atom is -0.496 e.